The lowest BCUT2D eigenvalue weighted by Crippen LogP contribution is -2.11. The van der Waals surface area contributed by atoms with Crippen molar-refractivity contribution in [2.45, 2.75) is 19.6 Å². The molecule has 2 rings (SSSR count). The normalized spacial score (nSPS) is 11.8. The van der Waals surface area contributed by atoms with E-state index in [1.165, 1.54) is 23.9 Å². The molecule has 0 aliphatic rings. The Labute approximate surface area is 101 Å². The van der Waals surface area contributed by atoms with Crippen molar-refractivity contribution in [3.63, 3.8) is 0 Å². The summed E-state index contributed by atoms with van der Waals surface area (Å²) < 4.78 is 39.6. The minimum atomic E-state index is -4.39. The molecule has 2 N–H and O–H groups in total. The first-order chi connectivity index (χ1) is 8.43. The van der Waals surface area contributed by atoms with Crippen LogP contribution in [0.25, 0.3) is 5.69 Å². The topological polar surface area (TPSA) is 56.7 Å². The maximum Gasteiger partial charge on any atom is 0.416 e. The summed E-state index contributed by atoms with van der Waals surface area (Å²) in [7, 11) is 0. The minimum Gasteiger partial charge on any atom is -0.325 e. The summed E-state index contributed by atoms with van der Waals surface area (Å²) in [5.41, 5.74) is 5.79. The van der Waals surface area contributed by atoms with Gasteiger partial charge in [0, 0.05) is 6.54 Å². The number of alkyl halides is 3. The summed E-state index contributed by atoms with van der Waals surface area (Å²) in [6.07, 6.45) is -2.96. The second-order valence-corrected chi connectivity index (χ2v) is 3.84. The quantitative estimate of drug-likeness (QED) is 0.894. The van der Waals surface area contributed by atoms with E-state index < -0.39 is 11.7 Å². The van der Waals surface area contributed by atoms with Gasteiger partial charge in [-0.25, -0.2) is 4.68 Å². The lowest BCUT2D eigenvalue weighted by Gasteiger charge is -2.12. The first-order valence-electron chi connectivity index (χ1n) is 5.21. The number of rotatable bonds is 2. The molecule has 0 saturated heterocycles. The van der Waals surface area contributed by atoms with Crippen LogP contribution in [0.2, 0.25) is 0 Å². The van der Waals surface area contributed by atoms with Gasteiger partial charge in [-0.15, -0.1) is 5.10 Å². The zero-order valence-corrected chi connectivity index (χ0v) is 9.57. The monoisotopic (exact) mass is 256 g/mol. The molecule has 0 bridgehead atoms. The number of nitrogens with two attached hydrogens (primary N) is 1. The molecule has 7 heteroatoms. The Bertz CT molecular complexity index is 560. The maximum atomic E-state index is 12.8. The number of hydrogen-bond donors (Lipinski definition) is 1. The highest BCUT2D eigenvalue weighted by atomic mass is 19.4. The Morgan fingerprint density at radius 1 is 1.33 bits per heavy atom. The highest BCUT2D eigenvalue weighted by Gasteiger charge is 2.32. The van der Waals surface area contributed by atoms with Gasteiger partial charge in [0.2, 0.25) is 0 Å². The smallest absolute Gasteiger partial charge is 0.325 e. The van der Waals surface area contributed by atoms with E-state index in [-0.39, 0.29) is 12.1 Å². The number of benzene rings is 1. The van der Waals surface area contributed by atoms with Crippen molar-refractivity contribution in [3.8, 4) is 5.69 Å². The summed E-state index contributed by atoms with van der Waals surface area (Å²) in [6.45, 7) is 1.57. The first-order valence-corrected chi connectivity index (χ1v) is 5.21. The molecule has 1 aromatic carbocycles. The molecule has 4 nitrogen and oxygen atoms in total. The van der Waals surface area contributed by atoms with Gasteiger partial charge >= 0.3 is 6.18 Å². The summed E-state index contributed by atoms with van der Waals surface area (Å²) in [5.74, 6) is 0. The van der Waals surface area contributed by atoms with E-state index in [0.717, 1.165) is 6.07 Å². The van der Waals surface area contributed by atoms with Crippen molar-refractivity contribution in [2.75, 3.05) is 0 Å². The maximum absolute atomic E-state index is 12.8. The highest BCUT2D eigenvalue weighted by Crippen LogP contribution is 2.33. The van der Waals surface area contributed by atoms with Crippen molar-refractivity contribution in [1.82, 2.24) is 15.0 Å². The molecule has 0 aliphatic heterocycles. The Hall–Kier alpha value is -1.89. The van der Waals surface area contributed by atoms with Crippen LogP contribution >= 0.6 is 0 Å². The standard InChI is InChI=1S/C11H11F3N4/c1-7-2-3-8(4-10(7)11(12,13)14)18-9(5-15)6-16-17-18/h2-4,6H,5,15H2,1H3. The van der Waals surface area contributed by atoms with Gasteiger partial charge in [-0.2, -0.15) is 13.2 Å². The summed E-state index contributed by atoms with van der Waals surface area (Å²) in [4.78, 5) is 0. The van der Waals surface area contributed by atoms with E-state index in [9.17, 15) is 13.2 Å². The summed E-state index contributed by atoms with van der Waals surface area (Å²) in [5, 5.41) is 7.36. The van der Waals surface area contributed by atoms with Crippen molar-refractivity contribution in [3.05, 3.63) is 41.2 Å². The van der Waals surface area contributed by atoms with Crippen LogP contribution in [0.3, 0.4) is 0 Å². The van der Waals surface area contributed by atoms with Gasteiger partial charge in [0.15, 0.2) is 0 Å². The number of aromatic nitrogens is 3. The third-order valence-corrected chi connectivity index (χ3v) is 2.60. The van der Waals surface area contributed by atoms with Gasteiger partial charge in [-0.3, -0.25) is 0 Å². The molecule has 0 unspecified atom stereocenters. The summed E-state index contributed by atoms with van der Waals surface area (Å²) >= 11 is 0. The molecule has 0 aliphatic carbocycles. The number of halogens is 3. The average Bonchev–Trinajstić information content (AvgIpc) is 2.76. The second kappa shape index (κ2) is 4.41. The largest absolute Gasteiger partial charge is 0.416 e. The Morgan fingerprint density at radius 2 is 2.06 bits per heavy atom. The van der Waals surface area contributed by atoms with Crippen LogP contribution in [-0.2, 0) is 12.7 Å². The highest BCUT2D eigenvalue weighted by molar-refractivity contribution is 5.41. The van der Waals surface area contributed by atoms with Crippen LogP contribution in [0.4, 0.5) is 13.2 Å². The van der Waals surface area contributed by atoms with Crippen molar-refractivity contribution < 1.29 is 13.2 Å². The van der Waals surface area contributed by atoms with Gasteiger partial charge in [0.1, 0.15) is 0 Å². The van der Waals surface area contributed by atoms with E-state index in [1.54, 1.807) is 6.07 Å². The predicted molar refractivity (Wildman–Crippen MR) is 59.0 cm³/mol. The minimum absolute atomic E-state index is 0.155. The fourth-order valence-corrected chi connectivity index (χ4v) is 1.66. The van der Waals surface area contributed by atoms with E-state index >= 15 is 0 Å². The number of nitrogens with zero attached hydrogens (tertiary/aromatic N) is 3. The third kappa shape index (κ3) is 2.21. The molecule has 0 radical (unpaired) electrons. The molecule has 96 valence electrons. The molecule has 18 heavy (non-hydrogen) atoms. The molecule has 0 fully saturated rings. The van der Waals surface area contributed by atoms with Gasteiger partial charge in [-0.1, -0.05) is 11.3 Å². The molecule has 0 atom stereocenters. The zero-order valence-electron chi connectivity index (χ0n) is 9.57. The Kier molecular flexibility index (Phi) is 3.08. The number of aryl methyl sites for hydroxylation is 1. The van der Waals surface area contributed by atoms with Gasteiger partial charge < -0.3 is 5.73 Å². The Morgan fingerprint density at radius 3 is 2.67 bits per heavy atom. The van der Waals surface area contributed by atoms with Crippen LogP contribution in [0.5, 0.6) is 0 Å². The SMILES string of the molecule is Cc1ccc(-n2nncc2CN)cc1C(F)(F)F. The molecule has 2 aromatic rings. The fourth-order valence-electron chi connectivity index (χ4n) is 1.66. The molecule has 0 saturated carbocycles. The third-order valence-electron chi connectivity index (χ3n) is 2.60. The molecule has 0 spiro atoms. The van der Waals surface area contributed by atoms with Crippen LogP contribution in [0.15, 0.2) is 24.4 Å². The van der Waals surface area contributed by atoms with Crippen molar-refractivity contribution in [2.24, 2.45) is 5.73 Å². The van der Waals surface area contributed by atoms with Crippen molar-refractivity contribution in [1.29, 1.82) is 0 Å². The second-order valence-electron chi connectivity index (χ2n) is 3.84. The molecular weight excluding hydrogens is 245 g/mol. The van der Waals surface area contributed by atoms with Gasteiger partial charge in [0.05, 0.1) is 23.1 Å². The van der Waals surface area contributed by atoms with E-state index in [2.05, 4.69) is 10.3 Å². The molecular formula is C11H11F3N4. The van der Waals surface area contributed by atoms with Gasteiger partial charge in [-0.05, 0) is 24.6 Å². The first kappa shape index (κ1) is 12.6. The number of hydrogen-bond acceptors (Lipinski definition) is 3. The average molecular weight is 256 g/mol. The lowest BCUT2D eigenvalue weighted by atomic mass is 10.1. The van der Waals surface area contributed by atoms with Crippen LogP contribution in [0.1, 0.15) is 16.8 Å². The molecule has 1 aromatic heterocycles. The zero-order chi connectivity index (χ0) is 13.3. The molecule has 0 amide bonds. The van der Waals surface area contributed by atoms with Gasteiger partial charge in [0.25, 0.3) is 0 Å². The van der Waals surface area contributed by atoms with Crippen LogP contribution in [-0.4, -0.2) is 15.0 Å². The molecule has 1 heterocycles. The Balaban J connectivity index is 2.54. The van der Waals surface area contributed by atoms with E-state index in [1.807, 2.05) is 0 Å². The van der Waals surface area contributed by atoms with E-state index in [0.29, 0.717) is 11.4 Å². The lowest BCUT2D eigenvalue weighted by molar-refractivity contribution is -0.138. The van der Waals surface area contributed by atoms with Crippen LogP contribution < -0.4 is 5.73 Å². The van der Waals surface area contributed by atoms with E-state index in [4.69, 9.17) is 5.73 Å². The van der Waals surface area contributed by atoms with Crippen LogP contribution in [0, 0.1) is 6.92 Å². The summed E-state index contributed by atoms with van der Waals surface area (Å²) in [6, 6.07) is 4.00. The fraction of sp³-hybridized carbons (Fsp3) is 0.273. The predicted octanol–water partition coefficient (Wildman–Crippen LogP) is 2.05. The van der Waals surface area contributed by atoms with Crippen molar-refractivity contribution >= 4 is 0 Å².